The highest BCUT2D eigenvalue weighted by Gasteiger charge is 2.26. The zero-order valence-corrected chi connectivity index (χ0v) is 8.82. The molecule has 0 amide bonds. The van der Waals surface area contributed by atoms with Crippen molar-refractivity contribution in [3.63, 3.8) is 0 Å². The van der Waals surface area contributed by atoms with E-state index in [4.69, 9.17) is 10.5 Å². The zero-order valence-electron chi connectivity index (χ0n) is 8.82. The van der Waals surface area contributed by atoms with Crippen LogP contribution >= 0.6 is 0 Å². The number of carbonyl (C=O) groups is 1. The van der Waals surface area contributed by atoms with Gasteiger partial charge < -0.3 is 10.5 Å². The fraction of sp³-hybridized carbons (Fsp3) is 0.417. The van der Waals surface area contributed by atoms with Gasteiger partial charge in [-0.3, -0.25) is 4.79 Å². The van der Waals surface area contributed by atoms with Gasteiger partial charge in [-0.2, -0.15) is 0 Å². The number of benzene rings is 1. The van der Waals surface area contributed by atoms with Crippen molar-refractivity contribution >= 4 is 5.78 Å². The van der Waals surface area contributed by atoms with Crippen molar-refractivity contribution in [3.05, 3.63) is 29.3 Å². The number of rotatable bonds is 4. The van der Waals surface area contributed by atoms with Crippen molar-refractivity contribution in [1.82, 2.24) is 0 Å². The zero-order chi connectivity index (χ0) is 10.8. The monoisotopic (exact) mass is 205 g/mol. The van der Waals surface area contributed by atoms with E-state index in [1.165, 1.54) is 18.4 Å². The fourth-order valence-electron chi connectivity index (χ4n) is 1.73. The Bertz CT molecular complexity index is 383. The minimum atomic E-state index is -0.0457. The largest absolute Gasteiger partial charge is 0.496 e. The van der Waals surface area contributed by atoms with Crippen LogP contribution in [0.1, 0.15) is 34.7 Å². The van der Waals surface area contributed by atoms with E-state index in [2.05, 4.69) is 0 Å². The highest BCUT2D eigenvalue weighted by Crippen LogP contribution is 2.44. The number of hydrogen-bond acceptors (Lipinski definition) is 3. The summed E-state index contributed by atoms with van der Waals surface area (Å²) in [6.07, 6.45) is 2.45. The van der Waals surface area contributed by atoms with E-state index in [0.717, 1.165) is 5.75 Å². The van der Waals surface area contributed by atoms with Crippen molar-refractivity contribution in [2.45, 2.75) is 18.8 Å². The van der Waals surface area contributed by atoms with Crippen LogP contribution in [-0.4, -0.2) is 19.4 Å². The third kappa shape index (κ3) is 2.02. The maximum absolute atomic E-state index is 11.4. The molecular weight excluding hydrogens is 190 g/mol. The number of ether oxygens (including phenoxy) is 1. The number of carbonyl (C=O) groups excluding carboxylic acids is 1. The quantitative estimate of drug-likeness (QED) is 0.761. The summed E-state index contributed by atoms with van der Waals surface area (Å²) < 4.78 is 5.29. The summed E-state index contributed by atoms with van der Waals surface area (Å²) >= 11 is 0. The first-order chi connectivity index (χ1) is 7.26. The molecule has 0 unspecified atom stereocenters. The Morgan fingerprint density at radius 3 is 2.80 bits per heavy atom. The number of methoxy groups -OCH3 is 1. The molecule has 1 saturated carbocycles. The summed E-state index contributed by atoms with van der Waals surface area (Å²) in [4.78, 5) is 11.4. The first kappa shape index (κ1) is 10.2. The van der Waals surface area contributed by atoms with Gasteiger partial charge in [0.25, 0.3) is 0 Å². The lowest BCUT2D eigenvalue weighted by atomic mass is 10.0. The van der Waals surface area contributed by atoms with Gasteiger partial charge >= 0.3 is 0 Å². The molecule has 0 bridgehead atoms. The standard InChI is InChI=1S/C12H15NO2/c1-15-12-6-9(11(14)7-13)4-5-10(12)8-2-3-8/h4-6,8H,2-3,7,13H2,1H3. The van der Waals surface area contributed by atoms with E-state index in [0.29, 0.717) is 11.5 Å². The van der Waals surface area contributed by atoms with Crippen molar-refractivity contribution in [2.24, 2.45) is 5.73 Å². The van der Waals surface area contributed by atoms with E-state index in [1.807, 2.05) is 12.1 Å². The van der Waals surface area contributed by atoms with Gasteiger partial charge in [-0.15, -0.1) is 0 Å². The van der Waals surface area contributed by atoms with Crippen LogP contribution < -0.4 is 10.5 Å². The van der Waals surface area contributed by atoms with Crippen LogP contribution in [0.25, 0.3) is 0 Å². The molecule has 1 aromatic rings. The summed E-state index contributed by atoms with van der Waals surface area (Å²) in [5.74, 6) is 1.40. The van der Waals surface area contributed by atoms with Crippen LogP contribution in [0, 0.1) is 0 Å². The highest BCUT2D eigenvalue weighted by atomic mass is 16.5. The summed E-state index contributed by atoms with van der Waals surface area (Å²) in [6, 6.07) is 5.62. The van der Waals surface area contributed by atoms with E-state index in [-0.39, 0.29) is 12.3 Å². The highest BCUT2D eigenvalue weighted by molar-refractivity contribution is 5.97. The minimum Gasteiger partial charge on any atom is -0.496 e. The predicted molar refractivity (Wildman–Crippen MR) is 58.4 cm³/mol. The molecule has 1 fully saturated rings. The molecule has 0 saturated heterocycles. The Hall–Kier alpha value is -1.35. The summed E-state index contributed by atoms with van der Waals surface area (Å²) in [6.45, 7) is 0.0475. The van der Waals surface area contributed by atoms with Crippen LogP contribution in [-0.2, 0) is 0 Å². The second kappa shape index (κ2) is 4.03. The van der Waals surface area contributed by atoms with Crippen molar-refractivity contribution in [1.29, 1.82) is 0 Å². The second-order valence-electron chi connectivity index (χ2n) is 3.86. The van der Waals surface area contributed by atoms with Gasteiger partial charge in [0.1, 0.15) is 5.75 Å². The summed E-state index contributed by atoms with van der Waals surface area (Å²) in [7, 11) is 1.64. The second-order valence-corrected chi connectivity index (χ2v) is 3.86. The minimum absolute atomic E-state index is 0.0457. The van der Waals surface area contributed by atoms with E-state index >= 15 is 0 Å². The lowest BCUT2D eigenvalue weighted by Gasteiger charge is -2.08. The lowest BCUT2D eigenvalue weighted by molar-refractivity contribution is 0.100. The van der Waals surface area contributed by atoms with Crippen molar-refractivity contribution in [2.75, 3.05) is 13.7 Å². The molecule has 15 heavy (non-hydrogen) atoms. The smallest absolute Gasteiger partial charge is 0.176 e. The van der Waals surface area contributed by atoms with Gasteiger partial charge in [0, 0.05) is 5.56 Å². The van der Waals surface area contributed by atoms with Gasteiger partial charge in [0.05, 0.1) is 13.7 Å². The van der Waals surface area contributed by atoms with Crippen LogP contribution in [0.3, 0.4) is 0 Å². The average molecular weight is 205 g/mol. The molecule has 3 heteroatoms. The van der Waals surface area contributed by atoms with Crippen LogP contribution in [0.15, 0.2) is 18.2 Å². The maximum atomic E-state index is 11.4. The van der Waals surface area contributed by atoms with Gasteiger partial charge in [-0.1, -0.05) is 12.1 Å². The molecule has 3 nitrogen and oxygen atoms in total. The van der Waals surface area contributed by atoms with E-state index < -0.39 is 0 Å². The molecule has 0 atom stereocenters. The number of Topliss-reactive ketones (excluding diaryl/α,β-unsaturated/α-hetero) is 1. The molecule has 1 aliphatic carbocycles. The molecule has 1 aliphatic rings. The Balaban J connectivity index is 2.33. The Kier molecular flexibility index (Phi) is 2.73. The molecule has 0 aromatic heterocycles. The topological polar surface area (TPSA) is 52.3 Å². The first-order valence-electron chi connectivity index (χ1n) is 5.17. The van der Waals surface area contributed by atoms with E-state index in [1.54, 1.807) is 13.2 Å². The van der Waals surface area contributed by atoms with Crippen LogP contribution in [0.4, 0.5) is 0 Å². The molecule has 0 radical (unpaired) electrons. The van der Waals surface area contributed by atoms with Crippen molar-refractivity contribution < 1.29 is 9.53 Å². The Labute approximate surface area is 89.2 Å². The fourth-order valence-corrected chi connectivity index (χ4v) is 1.73. The summed E-state index contributed by atoms with van der Waals surface area (Å²) in [5, 5.41) is 0. The van der Waals surface area contributed by atoms with E-state index in [9.17, 15) is 4.79 Å². The molecule has 2 rings (SSSR count). The molecule has 80 valence electrons. The Morgan fingerprint density at radius 2 is 2.27 bits per heavy atom. The van der Waals surface area contributed by atoms with Gasteiger partial charge in [0.15, 0.2) is 5.78 Å². The Morgan fingerprint density at radius 1 is 1.53 bits per heavy atom. The molecule has 0 heterocycles. The van der Waals surface area contributed by atoms with Crippen LogP contribution in [0.5, 0.6) is 5.75 Å². The number of hydrogen-bond donors (Lipinski definition) is 1. The first-order valence-corrected chi connectivity index (χ1v) is 5.17. The molecule has 1 aromatic carbocycles. The molecule has 2 N–H and O–H groups in total. The normalized spacial score (nSPS) is 15.1. The SMILES string of the molecule is COc1cc(C(=O)CN)ccc1C1CC1. The van der Waals surface area contributed by atoms with Crippen molar-refractivity contribution in [3.8, 4) is 5.75 Å². The lowest BCUT2D eigenvalue weighted by Crippen LogP contribution is -2.13. The molecular formula is C12H15NO2. The van der Waals surface area contributed by atoms with Crippen LogP contribution in [0.2, 0.25) is 0 Å². The third-order valence-electron chi connectivity index (χ3n) is 2.76. The molecule has 0 spiro atoms. The van der Waals surface area contributed by atoms with Gasteiger partial charge in [0.2, 0.25) is 0 Å². The number of ketones is 1. The number of nitrogens with two attached hydrogens (primary N) is 1. The maximum Gasteiger partial charge on any atom is 0.176 e. The van der Waals surface area contributed by atoms with Gasteiger partial charge in [-0.25, -0.2) is 0 Å². The third-order valence-corrected chi connectivity index (χ3v) is 2.76. The average Bonchev–Trinajstić information content (AvgIpc) is 3.11. The molecule has 0 aliphatic heterocycles. The predicted octanol–water partition coefficient (Wildman–Crippen LogP) is 1.71. The summed E-state index contributed by atoms with van der Waals surface area (Å²) in [5.41, 5.74) is 7.17. The van der Waals surface area contributed by atoms with Gasteiger partial charge in [-0.05, 0) is 30.4 Å².